The number of aryl methyl sites for hydroxylation is 2. The van der Waals surface area contributed by atoms with Crippen molar-refractivity contribution >= 4 is 11.8 Å². The van der Waals surface area contributed by atoms with E-state index in [4.69, 9.17) is 4.74 Å². The number of para-hydroxylation sites is 1. The number of fused-ring (bicyclic) bond motifs is 1. The van der Waals surface area contributed by atoms with Gasteiger partial charge in [-0.05, 0) is 56.7 Å². The molecule has 0 saturated carbocycles. The van der Waals surface area contributed by atoms with Gasteiger partial charge in [-0.15, -0.1) is 0 Å². The number of aromatic nitrogens is 2. The lowest BCUT2D eigenvalue weighted by molar-refractivity contribution is -0.135. The van der Waals surface area contributed by atoms with Crippen LogP contribution >= 0.6 is 0 Å². The molecule has 0 unspecified atom stereocenters. The number of hydrogen-bond acceptors (Lipinski definition) is 4. The van der Waals surface area contributed by atoms with Crippen molar-refractivity contribution in [3.8, 4) is 5.75 Å². The molecule has 2 aliphatic heterocycles. The number of carbonyl (C=O) groups excluding carboxylic acids is 2. The molecular weight excluding hydrogens is 392 g/mol. The van der Waals surface area contributed by atoms with Crippen LogP contribution in [0.3, 0.4) is 0 Å². The first-order chi connectivity index (χ1) is 15.0. The van der Waals surface area contributed by atoms with Gasteiger partial charge >= 0.3 is 0 Å². The summed E-state index contributed by atoms with van der Waals surface area (Å²) in [6.07, 6.45) is 6.81. The van der Waals surface area contributed by atoms with Crippen LogP contribution in [0.4, 0.5) is 0 Å². The van der Waals surface area contributed by atoms with Crippen LogP contribution in [0.5, 0.6) is 5.75 Å². The molecule has 1 fully saturated rings. The Bertz CT molecular complexity index is 930. The van der Waals surface area contributed by atoms with Crippen LogP contribution in [0.2, 0.25) is 0 Å². The SMILES string of the molecule is C[C@@H]1COc2ccccc2CCCCC2(CCN(C(=O)c3ccnn3C)CC2)C(=O)N1. The highest BCUT2D eigenvalue weighted by atomic mass is 16.5. The van der Waals surface area contributed by atoms with Crippen LogP contribution in [0, 0.1) is 5.41 Å². The third kappa shape index (κ3) is 4.60. The Balaban J connectivity index is 1.46. The van der Waals surface area contributed by atoms with E-state index in [2.05, 4.69) is 22.5 Å². The summed E-state index contributed by atoms with van der Waals surface area (Å²) in [5.74, 6) is 1.01. The van der Waals surface area contributed by atoms with Crippen LogP contribution in [-0.4, -0.2) is 52.2 Å². The van der Waals surface area contributed by atoms with E-state index < -0.39 is 5.41 Å². The van der Waals surface area contributed by atoms with Crippen molar-refractivity contribution in [1.29, 1.82) is 0 Å². The average molecular weight is 425 g/mol. The van der Waals surface area contributed by atoms with Gasteiger partial charge in [-0.2, -0.15) is 5.10 Å². The molecule has 31 heavy (non-hydrogen) atoms. The van der Waals surface area contributed by atoms with Crippen molar-refractivity contribution in [2.45, 2.75) is 51.5 Å². The molecule has 0 radical (unpaired) electrons. The second kappa shape index (κ2) is 9.12. The van der Waals surface area contributed by atoms with E-state index in [1.54, 1.807) is 24.0 Å². The molecule has 7 nitrogen and oxygen atoms in total. The molecule has 4 rings (SSSR count). The van der Waals surface area contributed by atoms with E-state index in [9.17, 15) is 9.59 Å². The summed E-state index contributed by atoms with van der Waals surface area (Å²) in [6, 6.07) is 9.84. The highest BCUT2D eigenvalue weighted by Gasteiger charge is 2.42. The highest BCUT2D eigenvalue weighted by Crippen LogP contribution is 2.38. The number of rotatable bonds is 1. The quantitative estimate of drug-likeness (QED) is 0.764. The number of likely N-dealkylation sites (tertiary alicyclic amines) is 1. The molecule has 1 aromatic carbocycles. The monoisotopic (exact) mass is 424 g/mol. The van der Waals surface area contributed by atoms with E-state index in [0.29, 0.717) is 38.2 Å². The Hall–Kier alpha value is -2.83. The lowest BCUT2D eigenvalue weighted by atomic mass is 9.73. The van der Waals surface area contributed by atoms with E-state index in [-0.39, 0.29) is 17.9 Å². The number of amides is 2. The van der Waals surface area contributed by atoms with Gasteiger partial charge in [0.25, 0.3) is 5.91 Å². The number of hydrogen-bond donors (Lipinski definition) is 1. The minimum atomic E-state index is -0.420. The van der Waals surface area contributed by atoms with Crippen molar-refractivity contribution in [2.75, 3.05) is 19.7 Å². The Morgan fingerprint density at radius 1 is 1.16 bits per heavy atom. The summed E-state index contributed by atoms with van der Waals surface area (Å²) in [6.45, 7) is 3.61. The topological polar surface area (TPSA) is 76.5 Å². The van der Waals surface area contributed by atoms with Crippen molar-refractivity contribution < 1.29 is 14.3 Å². The van der Waals surface area contributed by atoms with Gasteiger partial charge in [0.15, 0.2) is 0 Å². The zero-order valence-corrected chi connectivity index (χ0v) is 18.5. The molecule has 2 amide bonds. The first-order valence-electron chi connectivity index (χ1n) is 11.3. The fourth-order valence-electron chi connectivity index (χ4n) is 4.74. The van der Waals surface area contributed by atoms with Gasteiger partial charge in [-0.25, -0.2) is 0 Å². The van der Waals surface area contributed by atoms with E-state index in [1.807, 2.05) is 24.0 Å². The molecule has 1 aromatic heterocycles. The minimum Gasteiger partial charge on any atom is -0.491 e. The van der Waals surface area contributed by atoms with Gasteiger partial charge in [0, 0.05) is 26.3 Å². The first kappa shape index (κ1) is 21.4. The molecule has 1 spiro atoms. The summed E-state index contributed by atoms with van der Waals surface area (Å²) in [7, 11) is 1.78. The van der Waals surface area contributed by atoms with Crippen LogP contribution in [0.25, 0.3) is 0 Å². The fraction of sp³-hybridized carbons (Fsp3) is 0.542. The van der Waals surface area contributed by atoms with Crippen molar-refractivity contribution in [2.24, 2.45) is 12.5 Å². The maximum atomic E-state index is 13.3. The summed E-state index contributed by atoms with van der Waals surface area (Å²) in [4.78, 5) is 28.1. The molecule has 166 valence electrons. The first-order valence-corrected chi connectivity index (χ1v) is 11.3. The Morgan fingerprint density at radius 3 is 2.68 bits per heavy atom. The Kier molecular flexibility index (Phi) is 6.30. The number of nitrogens with one attached hydrogen (secondary N) is 1. The normalized spacial score (nSPS) is 21.9. The predicted octanol–water partition coefficient (Wildman–Crippen LogP) is 2.95. The maximum absolute atomic E-state index is 13.3. The zero-order valence-electron chi connectivity index (χ0n) is 18.5. The molecular formula is C24H32N4O3. The van der Waals surface area contributed by atoms with Crippen molar-refractivity contribution in [3.05, 3.63) is 47.8 Å². The lowest BCUT2D eigenvalue weighted by Crippen LogP contribution is -2.52. The highest BCUT2D eigenvalue weighted by molar-refractivity contribution is 5.93. The molecule has 1 atom stereocenters. The van der Waals surface area contributed by atoms with Gasteiger partial charge < -0.3 is 15.0 Å². The molecule has 2 aromatic rings. The van der Waals surface area contributed by atoms with E-state index >= 15 is 0 Å². The van der Waals surface area contributed by atoms with Gasteiger partial charge in [-0.3, -0.25) is 14.3 Å². The van der Waals surface area contributed by atoms with Crippen molar-refractivity contribution in [3.63, 3.8) is 0 Å². The fourth-order valence-corrected chi connectivity index (χ4v) is 4.74. The van der Waals surface area contributed by atoms with Crippen LogP contribution in [0.15, 0.2) is 36.5 Å². The standard InChI is InChI=1S/C24H32N4O3/c1-18-17-31-21-9-4-3-7-19(21)8-5-6-11-24(23(30)26-18)12-15-28(16-13-24)22(29)20-10-14-25-27(20)2/h3-4,7,9-10,14,18H,5-6,8,11-13,15-17H2,1-2H3,(H,26,30)/t18-/m1/s1. The van der Waals surface area contributed by atoms with Gasteiger partial charge in [0.2, 0.25) is 5.91 Å². The van der Waals surface area contributed by atoms with E-state index in [0.717, 1.165) is 31.4 Å². The third-order valence-corrected chi connectivity index (χ3v) is 6.72. The minimum absolute atomic E-state index is 0.0122. The largest absolute Gasteiger partial charge is 0.491 e. The molecule has 7 heteroatoms. The Morgan fingerprint density at radius 2 is 1.94 bits per heavy atom. The second-order valence-electron chi connectivity index (χ2n) is 8.91. The van der Waals surface area contributed by atoms with Crippen LogP contribution < -0.4 is 10.1 Å². The van der Waals surface area contributed by atoms with Gasteiger partial charge in [0.05, 0.1) is 11.5 Å². The number of carbonyl (C=O) groups is 2. The molecule has 1 saturated heterocycles. The molecule has 0 bridgehead atoms. The zero-order chi connectivity index (χ0) is 21.8. The lowest BCUT2D eigenvalue weighted by Gasteiger charge is -2.41. The molecule has 1 N–H and O–H groups in total. The number of nitrogens with zero attached hydrogens (tertiary/aromatic N) is 3. The van der Waals surface area contributed by atoms with Crippen molar-refractivity contribution in [1.82, 2.24) is 20.0 Å². The summed E-state index contributed by atoms with van der Waals surface area (Å²) in [5.41, 5.74) is 1.40. The van der Waals surface area contributed by atoms with Crippen LogP contribution in [0.1, 0.15) is 55.1 Å². The molecule has 3 heterocycles. The average Bonchev–Trinajstić information content (AvgIpc) is 3.21. The van der Waals surface area contributed by atoms with E-state index in [1.165, 1.54) is 5.56 Å². The third-order valence-electron chi connectivity index (χ3n) is 6.72. The number of piperidine rings is 1. The number of benzene rings is 1. The maximum Gasteiger partial charge on any atom is 0.272 e. The van der Waals surface area contributed by atoms with Gasteiger partial charge in [-0.1, -0.05) is 24.6 Å². The summed E-state index contributed by atoms with van der Waals surface area (Å²) in [5, 5.41) is 7.29. The van der Waals surface area contributed by atoms with Gasteiger partial charge in [0.1, 0.15) is 18.1 Å². The smallest absolute Gasteiger partial charge is 0.272 e. The summed E-state index contributed by atoms with van der Waals surface area (Å²) < 4.78 is 7.63. The number of ether oxygens (including phenoxy) is 1. The summed E-state index contributed by atoms with van der Waals surface area (Å²) >= 11 is 0. The second-order valence-corrected chi connectivity index (χ2v) is 8.91. The molecule has 2 aliphatic rings. The van der Waals surface area contributed by atoms with Crippen LogP contribution in [-0.2, 0) is 18.3 Å². The molecule has 0 aliphatic carbocycles. The Labute approximate surface area is 183 Å². The predicted molar refractivity (Wildman–Crippen MR) is 118 cm³/mol.